The van der Waals surface area contributed by atoms with Crippen LogP contribution in [0.25, 0.3) is 0 Å². The number of hydrogen-bond donors (Lipinski definition) is 0. The molecule has 0 aliphatic carbocycles. The van der Waals surface area contributed by atoms with Crippen LogP contribution in [0.15, 0.2) is 18.2 Å². The van der Waals surface area contributed by atoms with Gasteiger partial charge in [0.25, 0.3) is 0 Å². The lowest BCUT2D eigenvalue weighted by Gasteiger charge is -2.32. The highest BCUT2D eigenvalue weighted by Crippen LogP contribution is 2.36. The van der Waals surface area contributed by atoms with Gasteiger partial charge in [-0.25, -0.2) is 8.78 Å². The maximum Gasteiger partial charge on any atom is 0.498 e. The van der Waals surface area contributed by atoms with Gasteiger partial charge < -0.3 is 9.31 Å². The molecule has 2 aromatic rings. The van der Waals surface area contributed by atoms with Crippen molar-refractivity contribution in [2.24, 2.45) is 0 Å². The molecule has 134 valence electrons. The van der Waals surface area contributed by atoms with E-state index in [-0.39, 0.29) is 12.1 Å². The Morgan fingerprint density at radius 1 is 1.08 bits per heavy atom. The Kier molecular flexibility index (Phi) is 4.28. The van der Waals surface area contributed by atoms with E-state index in [1.807, 2.05) is 41.5 Å². The Labute approximate surface area is 147 Å². The summed E-state index contributed by atoms with van der Waals surface area (Å²) in [5, 5.41) is 4.48. The SMILES string of the molecule is Cc1nn(Cc2cc(F)ccc2F)c(C)c1B1OC(C)(C)C(C)(C)O1. The lowest BCUT2D eigenvalue weighted by molar-refractivity contribution is 0.00578. The molecular weight excluding hydrogens is 325 g/mol. The summed E-state index contributed by atoms with van der Waals surface area (Å²) < 4.78 is 41.2. The topological polar surface area (TPSA) is 36.3 Å². The molecule has 0 bridgehead atoms. The van der Waals surface area contributed by atoms with Crippen LogP contribution in [0.5, 0.6) is 0 Å². The number of rotatable bonds is 3. The van der Waals surface area contributed by atoms with Crippen LogP contribution >= 0.6 is 0 Å². The summed E-state index contributed by atoms with van der Waals surface area (Å²) >= 11 is 0. The van der Waals surface area contributed by atoms with Crippen LogP contribution in [0.1, 0.15) is 44.6 Å². The standard InChI is InChI=1S/C18H23BF2N2O2/c1-11-16(19-24-17(3,4)18(5,6)25-19)12(2)23(22-11)10-13-9-14(20)7-8-15(13)21/h7-9H,10H2,1-6H3. The molecule has 25 heavy (non-hydrogen) atoms. The number of benzene rings is 1. The number of aromatic nitrogens is 2. The van der Waals surface area contributed by atoms with Crippen molar-refractivity contribution in [3.8, 4) is 0 Å². The zero-order chi connectivity index (χ0) is 18.6. The molecule has 1 aliphatic heterocycles. The van der Waals surface area contributed by atoms with Gasteiger partial charge in [-0.15, -0.1) is 0 Å². The van der Waals surface area contributed by atoms with Crippen LogP contribution in [-0.2, 0) is 15.9 Å². The predicted molar refractivity (Wildman–Crippen MR) is 92.9 cm³/mol. The first-order valence-electron chi connectivity index (χ1n) is 8.35. The van der Waals surface area contributed by atoms with E-state index < -0.39 is 30.0 Å². The summed E-state index contributed by atoms with van der Waals surface area (Å²) in [6, 6.07) is 3.43. The molecule has 0 spiro atoms. The third-order valence-electron chi connectivity index (χ3n) is 5.25. The number of nitrogens with zero attached hydrogens (tertiary/aromatic N) is 2. The smallest absolute Gasteiger partial charge is 0.399 e. The molecule has 2 heterocycles. The third-order valence-corrected chi connectivity index (χ3v) is 5.25. The second kappa shape index (κ2) is 5.92. The second-order valence-electron chi connectivity index (χ2n) is 7.57. The van der Waals surface area contributed by atoms with Gasteiger partial charge in [-0.2, -0.15) is 5.10 Å². The fourth-order valence-corrected chi connectivity index (χ4v) is 2.99. The number of halogens is 2. The Morgan fingerprint density at radius 2 is 1.68 bits per heavy atom. The van der Waals surface area contributed by atoms with Gasteiger partial charge in [0, 0.05) is 16.7 Å². The minimum atomic E-state index is -0.531. The molecule has 1 aromatic heterocycles. The van der Waals surface area contributed by atoms with E-state index in [2.05, 4.69) is 5.10 Å². The van der Waals surface area contributed by atoms with Crippen molar-refractivity contribution in [2.75, 3.05) is 0 Å². The lowest BCUT2D eigenvalue weighted by Crippen LogP contribution is -2.41. The molecule has 4 nitrogen and oxygen atoms in total. The van der Waals surface area contributed by atoms with Crippen molar-refractivity contribution >= 4 is 12.6 Å². The lowest BCUT2D eigenvalue weighted by atomic mass is 9.77. The van der Waals surface area contributed by atoms with Gasteiger partial charge in [-0.1, -0.05) is 0 Å². The summed E-state index contributed by atoms with van der Waals surface area (Å²) in [4.78, 5) is 0. The van der Waals surface area contributed by atoms with E-state index in [9.17, 15) is 8.78 Å². The molecule has 0 radical (unpaired) electrons. The zero-order valence-electron chi connectivity index (χ0n) is 15.5. The van der Waals surface area contributed by atoms with Gasteiger partial charge in [0.05, 0.1) is 23.4 Å². The Hall–Kier alpha value is -1.73. The van der Waals surface area contributed by atoms with Gasteiger partial charge in [0.15, 0.2) is 0 Å². The normalized spacial score (nSPS) is 18.8. The minimum absolute atomic E-state index is 0.149. The van der Waals surface area contributed by atoms with Gasteiger partial charge in [-0.05, 0) is 59.7 Å². The van der Waals surface area contributed by atoms with E-state index >= 15 is 0 Å². The molecule has 1 fully saturated rings. The fourth-order valence-electron chi connectivity index (χ4n) is 2.99. The molecule has 0 unspecified atom stereocenters. The van der Waals surface area contributed by atoms with Crippen LogP contribution in [0, 0.1) is 25.5 Å². The molecule has 3 rings (SSSR count). The van der Waals surface area contributed by atoms with Crippen molar-refractivity contribution in [3.05, 3.63) is 46.8 Å². The first-order valence-corrected chi connectivity index (χ1v) is 8.35. The number of aryl methyl sites for hydroxylation is 1. The monoisotopic (exact) mass is 348 g/mol. The van der Waals surface area contributed by atoms with Crippen molar-refractivity contribution < 1.29 is 18.1 Å². The molecule has 0 atom stereocenters. The first-order chi connectivity index (χ1) is 11.5. The van der Waals surface area contributed by atoms with Crippen molar-refractivity contribution in [3.63, 3.8) is 0 Å². The Bertz CT molecular complexity index is 802. The van der Waals surface area contributed by atoms with E-state index in [0.717, 1.165) is 29.0 Å². The quantitative estimate of drug-likeness (QED) is 0.800. The van der Waals surface area contributed by atoms with Gasteiger partial charge >= 0.3 is 7.12 Å². The summed E-state index contributed by atoms with van der Waals surface area (Å²) in [5.41, 5.74) is 1.77. The molecule has 1 saturated heterocycles. The summed E-state index contributed by atoms with van der Waals surface area (Å²) in [6.07, 6.45) is 0. The van der Waals surface area contributed by atoms with E-state index in [0.29, 0.717) is 0 Å². The highest BCUT2D eigenvalue weighted by molar-refractivity contribution is 6.63. The molecule has 1 aromatic carbocycles. The summed E-state index contributed by atoms with van der Waals surface area (Å²) in [7, 11) is -0.531. The largest absolute Gasteiger partial charge is 0.498 e. The molecule has 0 N–H and O–H groups in total. The van der Waals surface area contributed by atoms with E-state index in [4.69, 9.17) is 9.31 Å². The van der Waals surface area contributed by atoms with Crippen LogP contribution in [0.2, 0.25) is 0 Å². The molecule has 0 saturated carbocycles. The number of hydrogen-bond acceptors (Lipinski definition) is 3. The van der Waals surface area contributed by atoms with Crippen molar-refractivity contribution in [1.29, 1.82) is 0 Å². The van der Waals surface area contributed by atoms with Crippen molar-refractivity contribution in [2.45, 2.75) is 59.3 Å². The second-order valence-corrected chi connectivity index (χ2v) is 7.57. The minimum Gasteiger partial charge on any atom is -0.399 e. The molecule has 0 amide bonds. The zero-order valence-corrected chi connectivity index (χ0v) is 15.5. The maximum absolute atomic E-state index is 13.9. The van der Waals surface area contributed by atoms with Gasteiger partial charge in [0.1, 0.15) is 11.6 Å². The fraction of sp³-hybridized carbons (Fsp3) is 0.500. The molecule has 1 aliphatic rings. The van der Waals surface area contributed by atoms with Gasteiger partial charge in [0.2, 0.25) is 0 Å². The van der Waals surface area contributed by atoms with Crippen LogP contribution in [0.4, 0.5) is 8.78 Å². The van der Waals surface area contributed by atoms with Crippen molar-refractivity contribution in [1.82, 2.24) is 9.78 Å². The summed E-state index contributed by atoms with van der Waals surface area (Å²) in [5.74, 6) is -0.921. The summed E-state index contributed by atoms with van der Waals surface area (Å²) in [6.45, 7) is 11.9. The van der Waals surface area contributed by atoms with Crippen LogP contribution in [-0.4, -0.2) is 28.1 Å². The molecular formula is C18H23BF2N2O2. The average Bonchev–Trinajstić information content (AvgIpc) is 2.87. The Morgan fingerprint density at radius 3 is 2.28 bits per heavy atom. The highest BCUT2D eigenvalue weighted by atomic mass is 19.1. The Balaban J connectivity index is 1.93. The van der Waals surface area contributed by atoms with Crippen LogP contribution in [0.3, 0.4) is 0 Å². The predicted octanol–water partition coefficient (Wildman–Crippen LogP) is 3.13. The first kappa shape index (κ1) is 18.1. The maximum atomic E-state index is 13.9. The van der Waals surface area contributed by atoms with Gasteiger partial charge in [-0.3, -0.25) is 4.68 Å². The highest BCUT2D eigenvalue weighted by Gasteiger charge is 2.53. The third kappa shape index (κ3) is 3.11. The molecule has 7 heteroatoms. The van der Waals surface area contributed by atoms with Crippen LogP contribution < -0.4 is 5.46 Å². The van der Waals surface area contributed by atoms with E-state index in [1.165, 1.54) is 6.07 Å². The average molecular weight is 348 g/mol. The van der Waals surface area contributed by atoms with E-state index in [1.54, 1.807) is 4.68 Å².